The fourth-order valence-corrected chi connectivity index (χ4v) is 4.21. The average Bonchev–Trinajstić information content (AvgIpc) is 3.36. The van der Waals surface area contributed by atoms with Crippen molar-refractivity contribution in [3.05, 3.63) is 57.4 Å². The summed E-state index contributed by atoms with van der Waals surface area (Å²) < 4.78 is 4.88. The van der Waals surface area contributed by atoms with Gasteiger partial charge in [-0.15, -0.1) is 11.3 Å². The summed E-state index contributed by atoms with van der Waals surface area (Å²) in [7, 11) is 1.35. The maximum absolute atomic E-state index is 12.7. The van der Waals surface area contributed by atoms with Crippen LogP contribution in [0.5, 0.6) is 0 Å². The molecule has 0 saturated heterocycles. The molecule has 0 aliphatic heterocycles. The summed E-state index contributed by atoms with van der Waals surface area (Å²) in [5.41, 5.74) is 4.29. The summed E-state index contributed by atoms with van der Waals surface area (Å²) in [4.78, 5) is 36.6. The number of aromatic amines is 1. The number of esters is 1. The molecule has 0 aromatic carbocycles. The van der Waals surface area contributed by atoms with Gasteiger partial charge in [-0.05, 0) is 37.5 Å². The van der Waals surface area contributed by atoms with Crippen molar-refractivity contribution < 1.29 is 14.3 Å². The lowest BCUT2D eigenvalue weighted by atomic mass is 10.0. The van der Waals surface area contributed by atoms with Gasteiger partial charge < -0.3 is 15.0 Å². The van der Waals surface area contributed by atoms with Crippen molar-refractivity contribution in [1.29, 1.82) is 0 Å². The highest BCUT2D eigenvalue weighted by atomic mass is 32.1. The van der Waals surface area contributed by atoms with E-state index in [1.165, 1.54) is 7.11 Å². The molecule has 3 heterocycles. The first-order valence-corrected chi connectivity index (χ1v) is 10.9. The molecule has 2 N–H and O–H groups in total. The lowest BCUT2D eigenvalue weighted by Gasteiger charge is -2.07. The average molecular weight is 427 g/mol. The summed E-state index contributed by atoms with van der Waals surface area (Å²) in [5.74, 6) is -0.617. The lowest BCUT2D eigenvalue weighted by Crippen LogP contribution is -2.26. The van der Waals surface area contributed by atoms with Crippen molar-refractivity contribution in [3.63, 3.8) is 0 Å². The maximum atomic E-state index is 12.7. The predicted molar refractivity (Wildman–Crippen MR) is 117 cm³/mol. The molecule has 158 valence electrons. The molecule has 7 nitrogen and oxygen atoms in total. The normalized spacial score (nSPS) is 10.8. The van der Waals surface area contributed by atoms with Gasteiger partial charge in [-0.2, -0.15) is 0 Å². The maximum Gasteiger partial charge on any atom is 0.339 e. The van der Waals surface area contributed by atoms with Crippen molar-refractivity contribution in [2.24, 2.45) is 0 Å². The third-order valence-electron chi connectivity index (χ3n) is 4.79. The topological polar surface area (TPSA) is 97.0 Å². The first-order valence-electron chi connectivity index (χ1n) is 9.97. The Morgan fingerprint density at radius 2 is 2.00 bits per heavy atom. The van der Waals surface area contributed by atoms with E-state index in [4.69, 9.17) is 4.74 Å². The van der Waals surface area contributed by atoms with E-state index in [9.17, 15) is 9.59 Å². The van der Waals surface area contributed by atoms with Crippen LogP contribution in [0, 0.1) is 6.92 Å². The van der Waals surface area contributed by atoms with Crippen molar-refractivity contribution in [1.82, 2.24) is 20.3 Å². The largest absolute Gasteiger partial charge is 0.465 e. The second-order valence-electron chi connectivity index (χ2n) is 6.94. The van der Waals surface area contributed by atoms with Gasteiger partial charge in [-0.3, -0.25) is 9.78 Å². The van der Waals surface area contributed by atoms with Gasteiger partial charge in [0, 0.05) is 42.0 Å². The Balaban J connectivity index is 1.58. The minimum absolute atomic E-state index is 0.201. The molecular formula is C22H26N4O3S. The van der Waals surface area contributed by atoms with E-state index in [1.807, 2.05) is 24.4 Å². The van der Waals surface area contributed by atoms with Crippen LogP contribution in [0.3, 0.4) is 0 Å². The summed E-state index contributed by atoms with van der Waals surface area (Å²) in [6.07, 6.45) is 6.53. The Labute approximate surface area is 179 Å². The standard InChI is InChI=1S/C22H26N4O3S/c1-4-6-16-19(22(28)29-3)14(2)25-20(16)21(27)24-10-5-7-18-26-17(13-30-18)15-8-11-23-12-9-15/h8-9,11-13,25H,4-7,10H2,1-3H3,(H,24,27). The van der Waals surface area contributed by atoms with Crippen LogP contribution in [0.15, 0.2) is 29.9 Å². The number of aryl methyl sites for hydroxylation is 2. The third-order valence-corrected chi connectivity index (χ3v) is 5.70. The highest BCUT2D eigenvalue weighted by Crippen LogP contribution is 2.23. The van der Waals surface area contributed by atoms with Crippen molar-refractivity contribution in [3.8, 4) is 11.3 Å². The molecule has 3 rings (SSSR count). The smallest absolute Gasteiger partial charge is 0.339 e. The van der Waals surface area contributed by atoms with Crippen LogP contribution < -0.4 is 5.32 Å². The highest BCUT2D eigenvalue weighted by molar-refractivity contribution is 7.09. The Hall–Kier alpha value is -3.00. The molecule has 8 heteroatoms. The van der Waals surface area contributed by atoms with E-state index in [2.05, 4.69) is 20.3 Å². The first-order chi connectivity index (χ1) is 14.5. The number of amides is 1. The van der Waals surface area contributed by atoms with Gasteiger partial charge in [-0.25, -0.2) is 9.78 Å². The quantitative estimate of drug-likeness (QED) is 0.399. The molecule has 0 unspecified atom stereocenters. The minimum Gasteiger partial charge on any atom is -0.465 e. The summed E-state index contributed by atoms with van der Waals surface area (Å²) in [6.45, 7) is 4.32. The van der Waals surface area contributed by atoms with Gasteiger partial charge in [0.25, 0.3) is 5.91 Å². The first kappa shape index (κ1) is 21.7. The van der Waals surface area contributed by atoms with Gasteiger partial charge in [-0.1, -0.05) is 13.3 Å². The molecule has 30 heavy (non-hydrogen) atoms. The van der Waals surface area contributed by atoms with E-state index >= 15 is 0 Å². The zero-order valence-electron chi connectivity index (χ0n) is 17.4. The molecule has 0 atom stereocenters. The number of H-pyrrole nitrogens is 1. The summed E-state index contributed by atoms with van der Waals surface area (Å²) in [5, 5.41) is 6.02. The molecule has 0 fully saturated rings. The van der Waals surface area contributed by atoms with Crippen LogP contribution in [0.1, 0.15) is 56.9 Å². The molecule has 0 aliphatic carbocycles. The highest BCUT2D eigenvalue weighted by Gasteiger charge is 2.24. The summed E-state index contributed by atoms with van der Waals surface area (Å²) in [6, 6.07) is 3.88. The van der Waals surface area contributed by atoms with Crippen LogP contribution in [-0.4, -0.2) is 40.5 Å². The molecular weight excluding hydrogens is 400 g/mol. The number of nitrogens with one attached hydrogen (secondary N) is 2. The fourth-order valence-electron chi connectivity index (χ4n) is 3.36. The molecule has 0 radical (unpaired) electrons. The Morgan fingerprint density at radius 1 is 1.23 bits per heavy atom. The van der Waals surface area contributed by atoms with Gasteiger partial charge in [0.2, 0.25) is 0 Å². The zero-order chi connectivity index (χ0) is 21.5. The van der Waals surface area contributed by atoms with Gasteiger partial charge >= 0.3 is 5.97 Å². The Morgan fingerprint density at radius 3 is 2.70 bits per heavy atom. The number of hydrogen-bond acceptors (Lipinski definition) is 6. The second-order valence-corrected chi connectivity index (χ2v) is 7.88. The molecule has 0 saturated carbocycles. The zero-order valence-corrected chi connectivity index (χ0v) is 18.3. The third kappa shape index (κ3) is 4.94. The van der Waals surface area contributed by atoms with Crippen LogP contribution >= 0.6 is 11.3 Å². The lowest BCUT2D eigenvalue weighted by molar-refractivity contribution is 0.0599. The number of hydrogen-bond donors (Lipinski definition) is 2. The number of nitrogens with zero attached hydrogens (tertiary/aromatic N) is 2. The number of rotatable bonds is 9. The van der Waals surface area contributed by atoms with Gasteiger partial charge in [0.05, 0.1) is 23.4 Å². The molecule has 0 bridgehead atoms. The van der Waals surface area contributed by atoms with Gasteiger partial charge in [0.1, 0.15) is 5.69 Å². The second kappa shape index (κ2) is 10.2. The predicted octanol–water partition coefficient (Wildman–Crippen LogP) is 3.94. The van der Waals surface area contributed by atoms with E-state index in [1.54, 1.807) is 30.7 Å². The van der Waals surface area contributed by atoms with Crippen LogP contribution in [0.25, 0.3) is 11.3 Å². The number of pyridine rings is 1. The number of thiazole rings is 1. The summed E-state index contributed by atoms with van der Waals surface area (Å²) >= 11 is 1.62. The minimum atomic E-state index is -0.417. The van der Waals surface area contributed by atoms with Crippen LogP contribution in [0.2, 0.25) is 0 Å². The fraction of sp³-hybridized carbons (Fsp3) is 0.364. The SMILES string of the molecule is CCCc1c(C(=O)NCCCc2nc(-c3ccncc3)cs2)[nH]c(C)c1C(=O)OC. The molecule has 1 amide bonds. The number of aromatic nitrogens is 3. The van der Waals surface area contributed by atoms with Crippen molar-refractivity contribution in [2.45, 2.75) is 39.5 Å². The van der Waals surface area contributed by atoms with Crippen LogP contribution in [-0.2, 0) is 17.6 Å². The Bertz CT molecular complexity index is 1010. The van der Waals surface area contributed by atoms with E-state index in [0.29, 0.717) is 29.9 Å². The number of carbonyl (C=O) groups is 2. The van der Waals surface area contributed by atoms with Gasteiger partial charge in [0.15, 0.2) is 0 Å². The number of ether oxygens (including phenoxy) is 1. The monoisotopic (exact) mass is 426 g/mol. The molecule has 0 aliphatic rings. The van der Waals surface area contributed by atoms with Crippen molar-refractivity contribution in [2.75, 3.05) is 13.7 Å². The molecule has 0 spiro atoms. The van der Waals surface area contributed by atoms with Crippen LogP contribution in [0.4, 0.5) is 0 Å². The number of methoxy groups -OCH3 is 1. The number of carbonyl (C=O) groups excluding carboxylic acids is 2. The Kier molecular flexibility index (Phi) is 7.35. The molecule has 3 aromatic heterocycles. The van der Waals surface area contributed by atoms with E-state index in [0.717, 1.165) is 41.1 Å². The van der Waals surface area contributed by atoms with Crippen molar-refractivity contribution >= 4 is 23.2 Å². The molecule has 3 aromatic rings. The van der Waals surface area contributed by atoms with E-state index < -0.39 is 5.97 Å². The van der Waals surface area contributed by atoms with E-state index in [-0.39, 0.29) is 5.91 Å².